The Morgan fingerprint density at radius 2 is 1.80 bits per heavy atom. The molecule has 0 aliphatic carbocycles. The predicted molar refractivity (Wildman–Crippen MR) is 102 cm³/mol. The zero-order valence-corrected chi connectivity index (χ0v) is 15.6. The number of ether oxygens (including phenoxy) is 1. The molecule has 0 saturated carbocycles. The Balaban J connectivity index is 1.73. The Hall–Kier alpha value is -2.54. The lowest BCUT2D eigenvalue weighted by Crippen LogP contribution is -2.31. The lowest BCUT2D eigenvalue weighted by atomic mass is 10.2. The number of aryl methyl sites for hydroxylation is 1. The average Bonchev–Trinajstić information content (AvgIpc) is 2.58. The maximum atomic E-state index is 11.9. The summed E-state index contributed by atoms with van der Waals surface area (Å²) < 4.78 is 5.88. The van der Waals surface area contributed by atoms with E-state index in [0.717, 1.165) is 10.0 Å². The number of benzene rings is 2. The first-order valence-corrected chi connectivity index (χ1v) is 8.52. The number of amides is 3. The number of hydrogen-bond acceptors (Lipinski definition) is 3. The summed E-state index contributed by atoms with van der Waals surface area (Å²) in [5, 5.41) is 8.14. The van der Waals surface area contributed by atoms with E-state index in [2.05, 4.69) is 31.9 Å². The van der Waals surface area contributed by atoms with E-state index in [1.807, 2.05) is 25.1 Å². The van der Waals surface area contributed by atoms with E-state index in [1.54, 1.807) is 31.4 Å². The van der Waals surface area contributed by atoms with Gasteiger partial charge in [0, 0.05) is 23.1 Å². The van der Waals surface area contributed by atoms with E-state index in [-0.39, 0.29) is 24.9 Å². The largest absolute Gasteiger partial charge is 0.497 e. The van der Waals surface area contributed by atoms with E-state index in [4.69, 9.17) is 4.74 Å². The minimum Gasteiger partial charge on any atom is -0.497 e. The minimum atomic E-state index is -0.366. The number of urea groups is 1. The van der Waals surface area contributed by atoms with Gasteiger partial charge in [-0.05, 0) is 64.8 Å². The van der Waals surface area contributed by atoms with E-state index in [9.17, 15) is 9.59 Å². The lowest BCUT2D eigenvalue weighted by Gasteiger charge is -2.10. The van der Waals surface area contributed by atoms with Gasteiger partial charge in [0.05, 0.1) is 12.8 Å². The molecule has 0 heterocycles. The van der Waals surface area contributed by atoms with Crippen molar-refractivity contribution in [1.82, 2.24) is 5.32 Å². The van der Waals surface area contributed by atoms with Gasteiger partial charge in [-0.15, -0.1) is 0 Å². The van der Waals surface area contributed by atoms with Gasteiger partial charge >= 0.3 is 6.03 Å². The molecule has 0 bridgehead atoms. The van der Waals surface area contributed by atoms with Crippen LogP contribution in [0.3, 0.4) is 0 Å². The first kappa shape index (κ1) is 18.8. The number of carbonyl (C=O) groups excluding carboxylic acids is 2. The molecule has 0 atom stereocenters. The summed E-state index contributed by atoms with van der Waals surface area (Å²) in [6.07, 6.45) is 0.177. The van der Waals surface area contributed by atoms with Crippen LogP contribution in [0.15, 0.2) is 46.9 Å². The normalized spacial score (nSPS) is 10.0. The van der Waals surface area contributed by atoms with E-state index >= 15 is 0 Å². The molecular weight excluding hydrogens is 386 g/mol. The van der Waals surface area contributed by atoms with Crippen molar-refractivity contribution in [2.45, 2.75) is 13.3 Å². The Morgan fingerprint density at radius 3 is 2.44 bits per heavy atom. The molecule has 2 aromatic carbocycles. The summed E-state index contributed by atoms with van der Waals surface area (Å²) >= 11 is 3.41. The smallest absolute Gasteiger partial charge is 0.319 e. The van der Waals surface area contributed by atoms with Crippen LogP contribution >= 0.6 is 15.9 Å². The summed E-state index contributed by atoms with van der Waals surface area (Å²) in [4.78, 5) is 23.7. The number of rotatable bonds is 6. The highest BCUT2D eigenvalue weighted by Gasteiger charge is 2.07. The molecule has 7 heteroatoms. The van der Waals surface area contributed by atoms with Crippen molar-refractivity contribution < 1.29 is 14.3 Å². The molecule has 25 heavy (non-hydrogen) atoms. The molecule has 3 N–H and O–H groups in total. The number of nitrogens with one attached hydrogen (secondary N) is 3. The third-order valence-corrected chi connectivity index (χ3v) is 4.04. The Morgan fingerprint density at radius 1 is 1.08 bits per heavy atom. The van der Waals surface area contributed by atoms with Gasteiger partial charge in [-0.1, -0.05) is 6.07 Å². The second-order valence-electron chi connectivity index (χ2n) is 5.39. The van der Waals surface area contributed by atoms with Crippen molar-refractivity contribution in [1.29, 1.82) is 0 Å². The molecular formula is C18H20BrN3O3. The zero-order valence-electron chi connectivity index (χ0n) is 14.1. The van der Waals surface area contributed by atoms with Crippen molar-refractivity contribution in [2.24, 2.45) is 0 Å². The van der Waals surface area contributed by atoms with E-state index in [0.29, 0.717) is 17.1 Å². The van der Waals surface area contributed by atoms with Gasteiger partial charge in [0.2, 0.25) is 5.91 Å². The highest BCUT2D eigenvalue weighted by atomic mass is 79.9. The fourth-order valence-electron chi connectivity index (χ4n) is 2.07. The van der Waals surface area contributed by atoms with Crippen LogP contribution in [-0.2, 0) is 4.79 Å². The SMILES string of the molecule is COc1ccc(NC(=O)NCCC(=O)Nc2ccc(C)cc2Br)cc1. The van der Waals surface area contributed by atoms with E-state index < -0.39 is 0 Å². The molecule has 0 aliphatic rings. The summed E-state index contributed by atoms with van der Waals surface area (Å²) in [6.45, 7) is 2.21. The van der Waals surface area contributed by atoms with Gasteiger partial charge < -0.3 is 20.7 Å². The van der Waals surface area contributed by atoms with Gasteiger partial charge in [-0.2, -0.15) is 0 Å². The van der Waals surface area contributed by atoms with Crippen molar-refractivity contribution in [3.63, 3.8) is 0 Å². The first-order valence-electron chi connectivity index (χ1n) is 7.73. The van der Waals surface area contributed by atoms with Crippen LogP contribution in [0.5, 0.6) is 5.75 Å². The molecule has 0 radical (unpaired) electrons. The lowest BCUT2D eigenvalue weighted by molar-refractivity contribution is -0.116. The topological polar surface area (TPSA) is 79.5 Å². The van der Waals surface area contributed by atoms with Crippen molar-refractivity contribution in [3.05, 3.63) is 52.5 Å². The van der Waals surface area contributed by atoms with Crippen LogP contribution in [0, 0.1) is 6.92 Å². The predicted octanol–water partition coefficient (Wildman–Crippen LogP) is 3.92. The third-order valence-electron chi connectivity index (χ3n) is 3.38. The third kappa shape index (κ3) is 6.11. The highest BCUT2D eigenvalue weighted by Crippen LogP contribution is 2.23. The number of methoxy groups -OCH3 is 1. The fourth-order valence-corrected chi connectivity index (χ4v) is 2.67. The Bertz CT molecular complexity index is 748. The second-order valence-corrected chi connectivity index (χ2v) is 6.25. The number of hydrogen-bond donors (Lipinski definition) is 3. The summed E-state index contributed by atoms with van der Waals surface area (Å²) in [5.74, 6) is 0.541. The van der Waals surface area contributed by atoms with Gasteiger partial charge in [-0.3, -0.25) is 4.79 Å². The fraction of sp³-hybridized carbons (Fsp3) is 0.222. The zero-order chi connectivity index (χ0) is 18.2. The van der Waals surface area contributed by atoms with Crippen molar-refractivity contribution in [2.75, 3.05) is 24.3 Å². The van der Waals surface area contributed by atoms with Gasteiger partial charge in [0.1, 0.15) is 5.75 Å². The standard InChI is InChI=1S/C18H20BrN3O3/c1-12-3-8-16(15(19)11-12)22-17(23)9-10-20-18(24)21-13-4-6-14(25-2)7-5-13/h3-8,11H,9-10H2,1-2H3,(H,22,23)(H2,20,21,24). The number of anilines is 2. The van der Waals surface area contributed by atoms with E-state index in [1.165, 1.54) is 0 Å². The number of carbonyl (C=O) groups is 2. The van der Waals surface area contributed by atoms with Crippen molar-refractivity contribution in [3.8, 4) is 5.75 Å². The van der Waals surface area contributed by atoms with Gasteiger partial charge in [0.15, 0.2) is 0 Å². The molecule has 132 valence electrons. The molecule has 2 aromatic rings. The molecule has 0 aromatic heterocycles. The summed E-state index contributed by atoms with van der Waals surface area (Å²) in [6, 6.07) is 12.3. The monoisotopic (exact) mass is 405 g/mol. The van der Waals surface area contributed by atoms with Gasteiger partial charge in [-0.25, -0.2) is 4.79 Å². The van der Waals surface area contributed by atoms with Crippen LogP contribution < -0.4 is 20.7 Å². The summed E-state index contributed by atoms with van der Waals surface area (Å²) in [7, 11) is 1.58. The highest BCUT2D eigenvalue weighted by molar-refractivity contribution is 9.10. The molecule has 6 nitrogen and oxygen atoms in total. The molecule has 0 unspecified atom stereocenters. The molecule has 0 spiro atoms. The van der Waals surface area contributed by atoms with Crippen LogP contribution in [0.1, 0.15) is 12.0 Å². The molecule has 0 saturated heterocycles. The minimum absolute atomic E-state index is 0.172. The molecule has 2 rings (SSSR count). The maximum Gasteiger partial charge on any atom is 0.319 e. The summed E-state index contributed by atoms with van der Waals surface area (Å²) in [5.41, 5.74) is 2.45. The molecule has 0 fully saturated rings. The number of halogens is 1. The molecule has 0 aliphatic heterocycles. The van der Waals surface area contributed by atoms with Crippen LogP contribution in [0.25, 0.3) is 0 Å². The quantitative estimate of drug-likeness (QED) is 0.681. The second kappa shape index (κ2) is 9.08. The van der Waals surface area contributed by atoms with Crippen LogP contribution in [0.4, 0.5) is 16.2 Å². The first-order chi connectivity index (χ1) is 12.0. The average molecular weight is 406 g/mol. The van der Waals surface area contributed by atoms with Crippen LogP contribution in [0.2, 0.25) is 0 Å². The van der Waals surface area contributed by atoms with Gasteiger partial charge in [0.25, 0.3) is 0 Å². The van der Waals surface area contributed by atoms with Crippen LogP contribution in [-0.4, -0.2) is 25.6 Å². The van der Waals surface area contributed by atoms with Crippen molar-refractivity contribution >= 4 is 39.2 Å². The maximum absolute atomic E-state index is 11.9. The Kier molecular flexibility index (Phi) is 6.82. The Labute approximate surface area is 155 Å². The molecule has 3 amide bonds.